The fourth-order valence-corrected chi connectivity index (χ4v) is 2.88. The van der Waals surface area contributed by atoms with Gasteiger partial charge in [-0.25, -0.2) is 4.79 Å². The summed E-state index contributed by atoms with van der Waals surface area (Å²) < 4.78 is 11.9. The number of amides is 3. The van der Waals surface area contributed by atoms with Crippen molar-refractivity contribution in [1.29, 1.82) is 0 Å². The number of benzene rings is 2. The van der Waals surface area contributed by atoms with Crippen molar-refractivity contribution >= 4 is 18.0 Å². The summed E-state index contributed by atoms with van der Waals surface area (Å²) in [5, 5.41) is 4.67. The number of carbonyl (C=O) groups excluding carboxylic acids is 2. The van der Waals surface area contributed by atoms with Crippen molar-refractivity contribution in [2.45, 2.75) is 20.0 Å². The summed E-state index contributed by atoms with van der Waals surface area (Å²) in [7, 11) is 0. The molecule has 3 rings (SSSR count). The first-order valence-electron chi connectivity index (χ1n) is 9.02. The molecule has 1 aliphatic heterocycles. The molecular weight excluding hydrogens is 356 g/mol. The summed E-state index contributed by atoms with van der Waals surface area (Å²) in [6.45, 7) is 6.58. The summed E-state index contributed by atoms with van der Waals surface area (Å²) in [6, 6.07) is 13.0. The van der Waals surface area contributed by atoms with Crippen LogP contribution in [0.5, 0.6) is 11.5 Å². The molecule has 144 valence electrons. The van der Waals surface area contributed by atoms with Gasteiger partial charge in [0.05, 0.1) is 6.61 Å². The van der Waals surface area contributed by atoms with Crippen LogP contribution in [0.2, 0.25) is 0 Å². The van der Waals surface area contributed by atoms with Crippen molar-refractivity contribution < 1.29 is 19.1 Å². The van der Waals surface area contributed by atoms with Crippen LogP contribution < -0.4 is 20.1 Å². The Labute approximate surface area is 163 Å². The van der Waals surface area contributed by atoms with Crippen LogP contribution in [0.4, 0.5) is 4.79 Å². The fraction of sp³-hybridized carbons (Fsp3) is 0.182. The number of carbonyl (C=O) groups is 2. The monoisotopic (exact) mass is 378 g/mol. The van der Waals surface area contributed by atoms with E-state index in [4.69, 9.17) is 9.47 Å². The second-order valence-corrected chi connectivity index (χ2v) is 6.17. The summed E-state index contributed by atoms with van der Waals surface area (Å²) >= 11 is 0. The van der Waals surface area contributed by atoms with Crippen molar-refractivity contribution in [3.05, 3.63) is 77.5 Å². The van der Waals surface area contributed by atoms with Gasteiger partial charge in [0.15, 0.2) is 11.5 Å². The number of nitrogens with one attached hydrogen (secondary N) is 2. The van der Waals surface area contributed by atoms with Crippen LogP contribution in [-0.4, -0.2) is 18.5 Å². The Kier molecular flexibility index (Phi) is 6.11. The molecule has 2 aromatic carbocycles. The first kappa shape index (κ1) is 19.2. The maximum absolute atomic E-state index is 11.8. The van der Waals surface area contributed by atoms with Gasteiger partial charge >= 0.3 is 6.03 Å². The molecule has 0 bridgehead atoms. The average Bonchev–Trinajstić information content (AvgIpc) is 2.99. The summed E-state index contributed by atoms with van der Waals surface area (Å²) in [6.07, 6.45) is 3.96. The second kappa shape index (κ2) is 8.90. The third-order valence-electron chi connectivity index (χ3n) is 4.08. The van der Waals surface area contributed by atoms with E-state index >= 15 is 0 Å². The van der Waals surface area contributed by atoms with Gasteiger partial charge in [-0.3, -0.25) is 10.1 Å². The summed E-state index contributed by atoms with van der Waals surface area (Å²) in [5.74, 6) is 0.764. The highest BCUT2D eigenvalue weighted by Crippen LogP contribution is 2.35. The molecule has 3 amide bonds. The number of allylic oxidation sites excluding steroid dienone is 1. The maximum atomic E-state index is 11.8. The Morgan fingerprint density at radius 3 is 2.50 bits per heavy atom. The first-order chi connectivity index (χ1) is 13.6. The SMILES string of the molecule is C=CCc1cc(C=C2NC(=O)NC2=O)cc(OCC)c1OCc1ccccc1. The molecule has 0 aromatic heterocycles. The lowest BCUT2D eigenvalue weighted by Crippen LogP contribution is -2.22. The van der Waals surface area contributed by atoms with E-state index in [9.17, 15) is 9.59 Å². The van der Waals surface area contributed by atoms with E-state index < -0.39 is 11.9 Å². The molecule has 0 unspecified atom stereocenters. The van der Waals surface area contributed by atoms with Crippen LogP contribution >= 0.6 is 0 Å². The van der Waals surface area contributed by atoms with Crippen LogP contribution in [0.15, 0.2) is 60.8 Å². The minimum absolute atomic E-state index is 0.190. The van der Waals surface area contributed by atoms with Gasteiger partial charge in [-0.15, -0.1) is 6.58 Å². The van der Waals surface area contributed by atoms with Crippen molar-refractivity contribution in [3.63, 3.8) is 0 Å². The molecule has 0 radical (unpaired) electrons. The lowest BCUT2D eigenvalue weighted by atomic mass is 10.0. The predicted molar refractivity (Wildman–Crippen MR) is 107 cm³/mol. The molecule has 1 heterocycles. The van der Waals surface area contributed by atoms with Gasteiger partial charge in [0.2, 0.25) is 0 Å². The quantitative estimate of drug-likeness (QED) is 0.418. The smallest absolute Gasteiger partial charge is 0.326 e. The highest BCUT2D eigenvalue weighted by atomic mass is 16.5. The number of rotatable bonds is 8. The molecule has 2 aromatic rings. The van der Waals surface area contributed by atoms with E-state index in [1.165, 1.54) is 0 Å². The molecule has 0 spiro atoms. The maximum Gasteiger partial charge on any atom is 0.326 e. The molecule has 28 heavy (non-hydrogen) atoms. The number of hydrogen-bond acceptors (Lipinski definition) is 4. The number of ether oxygens (including phenoxy) is 2. The number of hydrogen-bond donors (Lipinski definition) is 2. The van der Waals surface area contributed by atoms with E-state index in [-0.39, 0.29) is 5.70 Å². The van der Waals surface area contributed by atoms with Crippen LogP contribution in [0.25, 0.3) is 6.08 Å². The van der Waals surface area contributed by atoms with Gasteiger partial charge in [-0.2, -0.15) is 0 Å². The second-order valence-electron chi connectivity index (χ2n) is 6.17. The van der Waals surface area contributed by atoms with Gasteiger partial charge < -0.3 is 14.8 Å². The Balaban J connectivity index is 1.95. The van der Waals surface area contributed by atoms with Crippen molar-refractivity contribution in [2.75, 3.05) is 6.61 Å². The Bertz CT molecular complexity index is 920. The van der Waals surface area contributed by atoms with Crippen molar-refractivity contribution in [1.82, 2.24) is 10.6 Å². The van der Waals surface area contributed by atoms with E-state index in [1.54, 1.807) is 18.2 Å². The fourth-order valence-electron chi connectivity index (χ4n) is 2.88. The zero-order chi connectivity index (χ0) is 19.9. The Hall–Kier alpha value is -3.54. The van der Waals surface area contributed by atoms with Crippen molar-refractivity contribution in [3.8, 4) is 11.5 Å². The van der Waals surface area contributed by atoms with Gasteiger partial charge in [-0.1, -0.05) is 36.4 Å². The molecule has 6 nitrogen and oxygen atoms in total. The van der Waals surface area contributed by atoms with Crippen LogP contribution in [0.1, 0.15) is 23.6 Å². The molecule has 0 atom stereocenters. The molecule has 6 heteroatoms. The largest absolute Gasteiger partial charge is 0.490 e. The number of urea groups is 1. The molecule has 0 aliphatic carbocycles. The topological polar surface area (TPSA) is 76.7 Å². The number of imide groups is 1. The molecule has 0 saturated carbocycles. The average molecular weight is 378 g/mol. The van der Waals surface area contributed by atoms with Crippen LogP contribution in [0.3, 0.4) is 0 Å². The molecule has 1 fully saturated rings. The summed E-state index contributed by atoms with van der Waals surface area (Å²) in [5.41, 5.74) is 2.84. The normalized spacial score (nSPS) is 14.5. The van der Waals surface area contributed by atoms with Gasteiger partial charge in [0.25, 0.3) is 5.91 Å². The van der Waals surface area contributed by atoms with Crippen LogP contribution in [-0.2, 0) is 17.8 Å². The minimum Gasteiger partial charge on any atom is -0.490 e. The van der Waals surface area contributed by atoms with E-state index in [0.717, 1.165) is 16.7 Å². The minimum atomic E-state index is -0.532. The van der Waals surface area contributed by atoms with Gasteiger partial charge in [-0.05, 0) is 42.7 Å². The lowest BCUT2D eigenvalue weighted by molar-refractivity contribution is -0.115. The van der Waals surface area contributed by atoms with E-state index in [1.807, 2.05) is 43.3 Å². The zero-order valence-electron chi connectivity index (χ0n) is 15.7. The Morgan fingerprint density at radius 1 is 1.07 bits per heavy atom. The van der Waals surface area contributed by atoms with Gasteiger partial charge in [0, 0.05) is 5.56 Å². The van der Waals surface area contributed by atoms with E-state index in [0.29, 0.717) is 31.1 Å². The molecule has 1 aliphatic rings. The molecule has 1 saturated heterocycles. The lowest BCUT2D eigenvalue weighted by Gasteiger charge is -2.17. The third kappa shape index (κ3) is 4.59. The van der Waals surface area contributed by atoms with Gasteiger partial charge in [0.1, 0.15) is 12.3 Å². The first-order valence-corrected chi connectivity index (χ1v) is 9.02. The van der Waals surface area contributed by atoms with E-state index in [2.05, 4.69) is 17.2 Å². The van der Waals surface area contributed by atoms with Crippen LogP contribution in [0, 0.1) is 0 Å². The predicted octanol–water partition coefficient (Wildman–Crippen LogP) is 3.57. The molecular formula is C22H22N2O4. The zero-order valence-corrected chi connectivity index (χ0v) is 15.7. The standard InChI is InChI=1S/C22H22N2O4/c1-3-8-17-11-16(12-18-21(25)24-22(26)23-18)13-19(27-4-2)20(17)28-14-15-9-6-5-7-10-15/h3,5-7,9-13H,1,4,8,14H2,2H3,(H2,23,24,25,26). The third-order valence-corrected chi connectivity index (χ3v) is 4.08. The highest BCUT2D eigenvalue weighted by molar-refractivity contribution is 6.14. The summed E-state index contributed by atoms with van der Waals surface area (Å²) in [4.78, 5) is 23.1. The molecule has 2 N–H and O–H groups in total. The Morgan fingerprint density at radius 2 is 1.86 bits per heavy atom. The van der Waals surface area contributed by atoms with Crippen molar-refractivity contribution in [2.24, 2.45) is 0 Å². The highest BCUT2D eigenvalue weighted by Gasteiger charge is 2.23.